The fraction of sp³-hybridized carbons (Fsp3) is 0.571. The summed E-state index contributed by atoms with van der Waals surface area (Å²) in [6.45, 7) is 8.24. The molecule has 0 atom stereocenters. The van der Waals surface area contributed by atoms with Crippen LogP contribution in [0.3, 0.4) is 0 Å². The van der Waals surface area contributed by atoms with Crippen molar-refractivity contribution >= 4 is 11.3 Å². The van der Waals surface area contributed by atoms with Crippen LogP contribution in [0.25, 0.3) is 0 Å². The highest BCUT2D eigenvalue weighted by molar-refractivity contribution is 7.12. The minimum atomic E-state index is 0.435. The van der Waals surface area contributed by atoms with E-state index in [1.54, 1.807) is 11.3 Å². The minimum absolute atomic E-state index is 0.435. The number of hydrogen-bond acceptors (Lipinski definition) is 3. The summed E-state index contributed by atoms with van der Waals surface area (Å²) in [4.78, 5) is 5.00. The predicted octanol–water partition coefficient (Wildman–Crippen LogP) is 2.68. The Hall–Kier alpha value is -0.820. The highest BCUT2D eigenvalue weighted by Crippen LogP contribution is 2.17. The summed E-state index contributed by atoms with van der Waals surface area (Å²) in [6, 6.07) is 4.27. The largest absolute Gasteiger partial charge is 0.320 e. The Morgan fingerprint density at radius 1 is 1.35 bits per heavy atom. The maximum absolute atomic E-state index is 5.36. The van der Waals surface area contributed by atoms with Crippen LogP contribution >= 0.6 is 11.3 Å². The number of thiophene rings is 1. The Bertz CT molecular complexity index is 373. The summed E-state index contributed by atoms with van der Waals surface area (Å²) in [6.07, 6.45) is 2.53. The van der Waals surface area contributed by atoms with Crippen LogP contribution in [0.1, 0.15) is 36.4 Å². The fourth-order valence-corrected chi connectivity index (χ4v) is 2.54. The van der Waals surface area contributed by atoms with Gasteiger partial charge in [-0.3, -0.25) is 4.90 Å². The number of hydrogen-bond donors (Lipinski definition) is 1. The molecule has 0 radical (unpaired) electrons. The van der Waals surface area contributed by atoms with Gasteiger partial charge in [0.2, 0.25) is 0 Å². The van der Waals surface area contributed by atoms with Gasteiger partial charge in [-0.1, -0.05) is 32.1 Å². The molecule has 17 heavy (non-hydrogen) atoms. The van der Waals surface area contributed by atoms with Gasteiger partial charge < -0.3 is 5.73 Å². The number of nitrogens with zero attached hydrogens (tertiary/aromatic N) is 1. The van der Waals surface area contributed by atoms with E-state index >= 15 is 0 Å². The van der Waals surface area contributed by atoms with E-state index in [9.17, 15) is 0 Å². The molecule has 1 rings (SSSR count). The Labute approximate surface area is 109 Å². The normalized spacial score (nSPS) is 10.4. The van der Waals surface area contributed by atoms with Crippen LogP contribution in [-0.4, -0.2) is 24.5 Å². The van der Waals surface area contributed by atoms with E-state index in [0.29, 0.717) is 6.54 Å². The van der Waals surface area contributed by atoms with Gasteiger partial charge in [0.25, 0.3) is 0 Å². The molecule has 0 saturated carbocycles. The Morgan fingerprint density at radius 2 is 2.18 bits per heavy atom. The third kappa shape index (κ3) is 5.36. The molecule has 0 unspecified atom stereocenters. The van der Waals surface area contributed by atoms with E-state index in [-0.39, 0.29) is 0 Å². The molecule has 0 aliphatic carbocycles. The molecule has 1 aromatic rings. The van der Waals surface area contributed by atoms with Crippen LogP contribution in [0.5, 0.6) is 0 Å². The monoisotopic (exact) mass is 250 g/mol. The Balaban J connectivity index is 2.51. The number of nitrogens with two attached hydrogens (primary N) is 1. The second-order valence-corrected chi connectivity index (χ2v) is 5.16. The second-order valence-electron chi connectivity index (χ2n) is 3.99. The van der Waals surface area contributed by atoms with E-state index in [1.165, 1.54) is 24.3 Å². The molecule has 1 aromatic heterocycles. The van der Waals surface area contributed by atoms with Crippen molar-refractivity contribution in [3.63, 3.8) is 0 Å². The summed E-state index contributed by atoms with van der Waals surface area (Å²) in [5.74, 6) is 5.98. The summed E-state index contributed by atoms with van der Waals surface area (Å²) in [5.41, 5.74) is 5.36. The average molecular weight is 250 g/mol. The van der Waals surface area contributed by atoms with Gasteiger partial charge in [-0.15, -0.1) is 11.3 Å². The molecule has 3 heteroatoms. The minimum Gasteiger partial charge on any atom is -0.320 e. The van der Waals surface area contributed by atoms with Crippen molar-refractivity contribution in [3.8, 4) is 11.8 Å². The van der Waals surface area contributed by atoms with E-state index in [4.69, 9.17) is 5.73 Å². The van der Waals surface area contributed by atoms with Gasteiger partial charge in [-0.25, -0.2) is 0 Å². The van der Waals surface area contributed by atoms with Gasteiger partial charge in [0.1, 0.15) is 0 Å². The van der Waals surface area contributed by atoms with Crippen molar-refractivity contribution < 1.29 is 0 Å². The first-order valence-electron chi connectivity index (χ1n) is 6.30. The van der Waals surface area contributed by atoms with E-state index in [2.05, 4.69) is 42.7 Å². The first kappa shape index (κ1) is 14.2. The summed E-state index contributed by atoms with van der Waals surface area (Å²) in [5, 5.41) is 0. The topological polar surface area (TPSA) is 29.3 Å². The standard InChI is InChI=1S/C14H22N2S/c1-3-5-11-16(4-2)12-14-9-8-13(17-14)7-6-10-15/h8-9H,3-5,10-12,15H2,1-2H3. The Morgan fingerprint density at radius 3 is 2.82 bits per heavy atom. The molecule has 94 valence electrons. The van der Waals surface area contributed by atoms with Crippen LogP contribution in [0.15, 0.2) is 12.1 Å². The third-order valence-electron chi connectivity index (χ3n) is 2.63. The lowest BCUT2D eigenvalue weighted by atomic mass is 10.3. The third-order valence-corrected chi connectivity index (χ3v) is 3.62. The lowest BCUT2D eigenvalue weighted by Crippen LogP contribution is -2.23. The first-order valence-corrected chi connectivity index (χ1v) is 7.11. The smallest absolute Gasteiger partial charge is 0.0772 e. The molecule has 1 heterocycles. The van der Waals surface area contributed by atoms with Gasteiger partial charge >= 0.3 is 0 Å². The molecule has 0 aliphatic rings. The highest BCUT2D eigenvalue weighted by atomic mass is 32.1. The zero-order chi connectivity index (χ0) is 12.5. The van der Waals surface area contributed by atoms with E-state index < -0.39 is 0 Å². The first-order chi connectivity index (χ1) is 8.30. The van der Waals surface area contributed by atoms with Crippen LogP contribution in [0.2, 0.25) is 0 Å². The zero-order valence-corrected chi connectivity index (χ0v) is 11.6. The summed E-state index contributed by atoms with van der Waals surface area (Å²) in [7, 11) is 0. The van der Waals surface area contributed by atoms with Gasteiger partial charge in [-0.2, -0.15) is 0 Å². The quantitative estimate of drug-likeness (QED) is 0.787. The molecule has 0 amide bonds. The van der Waals surface area contributed by atoms with Crippen LogP contribution in [-0.2, 0) is 6.54 Å². The van der Waals surface area contributed by atoms with Crippen LogP contribution in [0.4, 0.5) is 0 Å². The van der Waals surface area contributed by atoms with Gasteiger partial charge in [0.15, 0.2) is 0 Å². The molecule has 0 aromatic carbocycles. The molecule has 0 saturated heterocycles. The Kier molecular flexibility index (Phi) is 6.95. The molecule has 0 bridgehead atoms. The van der Waals surface area contributed by atoms with E-state index in [0.717, 1.165) is 18.0 Å². The fourth-order valence-electron chi connectivity index (χ4n) is 1.62. The van der Waals surface area contributed by atoms with Crippen molar-refractivity contribution in [1.82, 2.24) is 4.90 Å². The average Bonchev–Trinajstić information content (AvgIpc) is 2.79. The lowest BCUT2D eigenvalue weighted by Gasteiger charge is -2.18. The van der Waals surface area contributed by atoms with E-state index in [1.807, 2.05) is 0 Å². The molecule has 2 nitrogen and oxygen atoms in total. The second kappa shape index (κ2) is 8.30. The summed E-state index contributed by atoms with van der Waals surface area (Å²) >= 11 is 1.78. The van der Waals surface area contributed by atoms with Crippen LogP contribution < -0.4 is 5.73 Å². The van der Waals surface area contributed by atoms with Gasteiger partial charge in [0, 0.05) is 11.4 Å². The number of unbranched alkanes of at least 4 members (excludes halogenated alkanes) is 1. The zero-order valence-electron chi connectivity index (χ0n) is 10.8. The highest BCUT2D eigenvalue weighted by Gasteiger charge is 2.05. The molecule has 0 aliphatic heterocycles. The van der Waals surface area contributed by atoms with Crippen molar-refractivity contribution in [2.24, 2.45) is 5.73 Å². The maximum atomic E-state index is 5.36. The van der Waals surface area contributed by atoms with Crippen LogP contribution in [0, 0.1) is 11.8 Å². The van der Waals surface area contributed by atoms with Crippen molar-refractivity contribution in [3.05, 3.63) is 21.9 Å². The van der Waals surface area contributed by atoms with Gasteiger partial charge in [-0.05, 0) is 31.6 Å². The number of rotatable bonds is 6. The molecular weight excluding hydrogens is 228 g/mol. The predicted molar refractivity (Wildman–Crippen MR) is 76.1 cm³/mol. The maximum Gasteiger partial charge on any atom is 0.0772 e. The van der Waals surface area contributed by atoms with Crippen molar-refractivity contribution in [2.75, 3.05) is 19.6 Å². The van der Waals surface area contributed by atoms with Gasteiger partial charge in [0.05, 0.1) is 11.4 Å². The lowest BCUT2D eigenvalue weighted by molar-refractivity contribution is 0.278. The SMILES string of the molecule is CCCCN(CC)Cc1ccc(C#CCN)s1. The molecule has 2 N–H and O–H groups in total. The molecule has 0 spiro atoms. The molecular formula is C14H22N2S. The summed E-state index contributed by atoms with van der Waals surface area (Å²) < 4.78 is 0. The molecule has 0 fully saturated rings. The van der Waals surface area contributed by atoms with Crippen molar-refractivity contribution in [2.45, 2.75) is 33.2 Å². The van der Waals surface area contributed by atoms with Crippen molar-refractivity contribution in [1.29, 1.82) is 0 Å².